The van der Waals surface area contributed by atoms with Crippen LogP contribution >= 0.6 is 0 Å². The zero-order valence-corrected chi connectivity index (χ0v) is 10.8. The molecule has 1 saturated heterocycles. The Hall–Kier alpha value is -0.160. The minimum Gasteiger partial charge on any atom is -0.396 e. The maximum absolute atomic E-state index is 8.94. The molecule has 1 unspecified atom stereocenters. The number of rotatable bonds is 7. The summed E-state index contributed by atoms with van der Waals surface area (Å²) in [5.74, 6) is 0. The summed E-state index contributed by atoms with van der Waals surface area (Å²) in [6, 6.07) is 0.433. The van der Waals surface area contributed by atoms with E-state index in [1.54, 1.807) is 0 Å². The number of aliphatic hydroxyl groups excluding tert-OH is 1. The first-order valence-electron chi connectivity index (χ1n) is 6.53. The third-order valence-corrected chi connectivity index (χ3v) is 3.37. The molecule has 1 atom stereocenters. The topological polar surface area (TPSA) is 38.7 Å². The lowest BCUT2D eigenvalue weighted by Gasteiger charge is -2.36. The molecule has 0 spiro atoms. The first-order valence-corrected chi connectivity index (χ1v) is 6.53. The summed E-state index contributed by atoms with van der Waals surface area (Å²) in [5, 5.41) is 12.2. The Morgan fingerprint density at radius 1 is 1.19 bits per heavy atom. The highest BCUT2D eigenvalue weighted by Crippen LogP contribution is 2.04. The lowest BCUT2D eigenvalue weighted by molar-refractivity contribution is 0.119. The van der Waals surface area contributed by atoms with Crippen LogP contribution < -0.4 is 5.32 Å². The molecule has 0 aromatic heterocycles. The van der Waals surface area contributed by atoms with E-state index in [2.05, 4.69) is 22.0 Å². The van der Waals surface area contributed by atoms with Crippen molar-refractivity contribution in [2.75, 3.05) is 52.9 Å². The van der Waals surface area contributed by atoms with Crippen LogP contribution in [0.25, 0.3) is 0 Å². The smallest absolute Gasteiger partial charge is 0.0446 e. The molecule has 0 bridgehead atoms. The van der Waals surface area contributed by atoms with Crippen molar-refractivity contribution in [2.24, 2.45) is 0 Å². The molecule has 1 fully saturated rings. The van der Waals surface area contributed by atoms with Gasteiger partial charge in [0.05, 0.1) is 0 Å². The summed E-state index contributed by atoms with van der Waals surface area (Å²) in [7, 11) is 1.98. The van der Waals surface area contributed by atoms with Crippen LogP contribution in [0.3, 0.4) is 0 Å². The average molecular weight is 229 g/mol. The Kier molecular flexibility index (Phi) is 6.96. The quantitative estimate of drug-likeness (QED) is 0.644. The summed E-state index contributed by atoms with van der Waals surface area (Å²) in [6.07, 6.45) is 2.11. The maximum Gasteiger partial charge on any atom is 0.0446 e. The second-order valence-electron chi connectivity index (χ2n) is 4.64. The highest BCUT2D eigenvalue weighted by atomic mass is 16.3. The van der Waals surface area contributed by atoms with Crippen LogP contribution in [0, 0.1) is 0 Å². The number of hydrogen-bond acceptors (Lipinski definition) is 4. The molecule has 0 aromatic rings. The fourth-order valence-corrected chi connectivity index (χ4v) is 2.31. The molecular formula is C12H27N3O. The van der Waals surface area contributed by atoms with E-state index in [1.165, 1.54) is 39.1 Å². The Labute approximate surface area is 99.6 Å². The van der Waals surface area contributed by atoms with Gasteiger partial charge in [0.2, 0.25) is 0 Å². The third-order valence-electron chi connectivity index (χ3n) is 3.37. The van der Waals surface area contributed by atoms with Crippen LogP contribution in [0.1, 0.15) is 19.8 Å². The van der Waals surface area contributed by atoms with E-state index >= 15 is 0 Å². The molecule has 0 aliphatic carbocycles. The Morgan fingerprint density at radius 3 is 2.31 bits per heavy atom. The Morgan fingerprint density at radius 2 is 1.81 bits per heavy atom. The van der Waals surface area contributed by atoms with Crippen LogP contribution in [0.5, 0.6) is 0 Å². The predicted octanol–water partition coefficient (Wildman–Crippen LogP) is -0.0156. The molecule has 0 aromatic carbocycles. The Bertz CT molecular complexity index is 170. The molecule has 4 nitrogen and oxygen atoms in total. The van der Waals surface area contributed by atoms with Gasteiger partial charge in [0.25, 0.3) is 0 Å². The van der Waals surface area contributed by atoms with E-state index in [4.69, 9.17) is 5.11 Å². The van der Waals surface area contributed by atoms with Gasteiger partial charge >= 0.3 is 0 Å². The van der Waals surface area contributed by atoms with Crippen molar-refractivity contribution in [2.45, 2.75) is 25.8 Å². The van der Waals surface area contributed by atoms with Crippen molar-refractivity contribution in [3.8, 4) is 0 Å². The normalized spacial score (nSPS) is 21.2. The van der Waals surface area contributed by atoms with Gasteiger partial charge in [0, 0.05) is 45.4 Å². The van der Waals surface area contributed by atoms with Gasteiger partial charge in [-0.05, 0) is 26.4 Å². The predicted molar refractivity (Wildman–Crippen MR) is 67.7 cm³/mol. The van der Waals surface area contributed by atoms with E-state index in [1.807, 2.05) is 7.05 Å². The molecule has 16 heavy (non-hydrogen) atoms. The largest absolute Gasteiger partial charge is 0.396 e. The number of hydrogen-bond donors (Lipinski definition) is 2. The number of nitrogens with zero attached hydrogens (tertiary/aromatic N) is 2. The SMILES string of the molecule is CCCN1CCN(CC(CCO)NC)CC1. The zero-order chi connectivity index (χ0) is 11.8. The molecule has 1 heterocycles. The van der Waals surface area contributed by atoms with E-state index in [0.717, 1.165) is 13.0 Å². The van der Waals surface area contributed by atoms with Crippen molar-refractivity contribution >= 4 is 0 Å². The second kappa shape index (κ2) is 8.01. The molecule has 4 heteroatoms. The molecule has 96 valence electrons. The number of nitrogens with one attached hydrogen (secondary N) is 1. The molecule has 1 aliphatic heterocycles. The van der Waals surface area contributed by atoms with Gasteiger partial charge in [0.1, 0.15) is 0 Å². The van der Waals surface area contributed by atoms with Crippen LogP contribution in [-0.4, -0.2) is 73.9 Å². The standard InChI is InChI=1S/C12H27N3O/c1-3-5-14-6-8-15(9-7-14)11-12(13-2)4-10-16/h12-13,16H,3-11H2,1-2H3. The summed E-state index contributed by atoms with van der Waals surface area (Å²) in [4.78, 5) is 5.04. The molecule has 1 rings (SSSR count). The summed E-state index contributed by atoms with van der Waals surface area (Å²) < 4.78 is 0. The lowest BCUT2D eigenvalue weighted by Crippen LogP contribution is -2.50. The van der Waals surface area contributed by atoms with Crippen LogP contribution in [0.4, 0.5) is 0 Å². The van der Waals surface area contributed by atoms with Crippen molar-refractivity contribution in [1.82, 2.24) is 15.1 Å². The van der Waals surface area contributed by atoms with Gasteiger partial charge in [-0.15, -0.1) is 0 Å². The van der Waals surface area contributed by atoms with Crippen molar-refractivity contribution < 1.29 is 5.11 Å². The van der Waals surface area contributed by atoms with E-state index in [-0.39, 0.29) is 6.61 Å². The highest BCUT2D eigenvalue weighted by Gasteiger charge is 2.18. The lowest BCUT2D eigenvalue weighted by atomic mass is 10.2. The van der Waals surface area contributed by atoms with E-state index in [0.29, 0.717) is 6.04 Å². The van der Waals surface area contributed by atoms with E-state index in [9.17, 15) is 0 Å². The fourth-order valence-electron chi connectivity index (χ4n) is 2.31. The first-order chi connectivity index (χ1) is 7.80. The summed E-state index contributed by atoms with van der Waals surface area (Å²) >= 11 is 0. The number of piperazine rings is 1. The van der Waals surface area contributed by atoms with Crippen LogP contribution in [0.15, 0.2) is 0 Å². The van der Waals surface area contributed by atoms with Gasteiger partial charge in [-0.25, -0.2) is 0 Å². The van der Waals surface area contributed by atoms with Crippen molar-refractivity contribution in [3.05, 3.63) is 0 Å². The molecule has 0 amide bonds. The molecule has 2 N–H and O–H groups in total. The molecule has 0 saturated carbocycles. The number of aliphatic hydroxyl groups is 1. The van der Waals surface area contributed by atoms with E-state index < -0.39 is 0 Å². The van der Waals surface area contributed by atoms with Crippen molar-refractivity contribution in [1.29, 1.82) is 0 Å². The Balaban J connectivity index is 2.20. The van der Waals surface area contributed by atoms with Crippen molar-refractivity contribution in [3.63, 3.8) is 0 Å². The molecule has 1 aliphatic rings. The minimum absolute atomic E-state index is 0.279. The van der Waals surface area contributed by atoms with Crippen LogP contribution in [-0.2, 0) is 0 Å². The minimum atomic E-state index is 0.279. The van der Waals surface area contributed by atoms with Gasteiger partial charge in [-0.2, -0.15) is 0 Å². The van der Waals surface area contributed by atoms with Gasteiger partial charge in [-0.3, -0.25) is 4.90 Å². The zero-order valence-electron chi connectivity index (χ0n) is 10.8. The third kappa shape index (κ3) is 4.78. The summed E-state index contributed by atoms with van der Waals surface area (Å²) in [5.41, 5.74) is 0. The van der Waals surface area contributed by atoms with Crippen LogP contribution in [0.2, 0.25) is 0 Å². The second-order valence-corrected chi connectivity index (χ2v) is 4.64. The van der Waals surface area contributed by atoms with Gasteiger partial charge in [0.15, 0.2) is 0 Å². The highest BCUT2D eigenvalue weighted by molar-refractivity contribution is 4.76. The van der Waals surface area contributed by atoms with Gasteiger partial charge < -0.3 is 15.3 Å². The average Bonchev–Trinajstić information content (AvgIpc) is 2.31. The maximum atomic E-state index is 8.94. The number of likely N-dealkylation sites (N-methyl/N-ethyl adjacent to an activating group) is 1. The summed E-state index contributed by atoms with van der Waals surface area (Å²) in [6.45, 7) is 9.56. The monoisotopic (exact) mass is 229 g/mol. The van der Waals surface area contributed by atoms with Gasteiger partial charge in [-0.1, -0.05) is 6.92 Å². The fraction of sp³-hybridized carbons (Fsp3) is 1.00. The molecule has 0 radical (unpaired) electrons. The molecular weight excluding hydrogens is 202 g/mol. The first kappa shape index (κ1) is 13.9.